The molecule has 10 nitrogen and oxygen atoms in total. The number of pyridine rings is 1. The molecule has 0 aliphatic carbocycles. The molecule has 4 rings (SSSR count). The van der Waals surface area contributed by atoms with Crippen molar-refractivity contribution in [2.24, 2.45) is 0 Å². The normalized spacial score (nSPS) is 12.6. The maximum absolute atomic E-state index is 13.3. The van der Waals surface area contributed by atoms with E-state index in [1.54, 1.807) is 27.4 Å². The summed E-state index contributed by atoms with van der Waals surface area (Å²) in [6.45, 7) is 9.48. The number of fused-ring (bicyclic) bond motifs is 1. The van der Waals surface area contributed by atoms with Crippen LogP contribution in [-0.4, -0.2) is 51.4 Å². The van der Waals surface area contributed by atoms with Gasteiger partial charge in [-0.15, -0.1) is 5.10 Å². The molecule has 208 valence electrons. The molecule has 0 aliphatic heterocycles. The van der Waals surface area contributed by atoms with Crippen molar-refractivity contribution in [1.82, 2.24) is 30.1 Å². The third kappa shape index (κ3) is 5.90. The van der Waals surface area contributed by atoms with E-state index in [9.17, 15) is 4.79 Å². The van der Waals surface area contributed by atoms with Crippen LogP contribution in [0, 0.1) is 0 Å². The molecule has 0 unspecified atom stereocenters. The van der Waals surface area contributed by atoms with Gasteiger partial charge in [0, 0.05) is 30.1 Å². The first-order valence-corrected chi connectivity index (χ1v) is 13.2. The minimum Gasteiger partial charge on any atom is -0.497 e. The summed E-state index contributed by atoms with van der Waals surface area (Å²) >= 11 is 0. The summed E-state index contributed by atoms with van der Waals surface area (Å²) in [7, 11) is 4.83. The number of ether oxygens (including phenoxy) is 3. The molecule has 0 bridgehead atoms. The van der Waals surface area contributed by atoms with Crippen molar-refractivity contribution in [3.05, 3.63) is 69.8 Å². The zero-order chi connectivity index (χ0) is 28.2. The number of hydrogen-bond donors (Lipinski definition) is 1. The Morgan fingerprint density at radius 2 is 1.67 bits per heavy atom. The van der Waals surface area contributed by atoms with Crippen molar-refractivity contribution in [2.75, 3.05) is 21.3 Å². The fourth-order valence-corrected chi connectivity index (χ4v) is 4.74. The summed E-state index contributed by atoms with van der Waals surface area (Å²) in [5.74, 6) is 2.74. The number of benzene rings is 2. The largest absolute Gasteiger partial charge is 0.497 e. The minimum absolute atomic E-state index is 0.131. The summed E-state index contributed by atoms with van der Waals surface area (Å²) in [6, 6.07) is 13.4. The molecule has 10 heteroatoms. The molecule has 0 amide bonds. The number of nitrogens with zero attached hydrogens (tertiary/aromatic N) is 5. The number of aromatic nitrogens is 5. The zero-order valence-corrected chi connectivity index (χ0v) is 23.8. The van der Waals surface area contributed by atoms with Crippen LogP contribution in [0.25, 0.3) is 10.9 Å². The lowest BCUT2D eigenvalue weighted by atomic mass is 10.0. The number of methoxy groups -OCH3 is 3. The van der Waals surface area contributed by atoms with Crippen molar-refractivity contribution in [2.45, 2.75) is 65.2 Å². The summed E-state index contributed by atoms with van der Waals surface area (Å²) in [5.41, 5.74) is 2.00. The van der Waals surface area contributed by atoms with Gasteiger partial charge in [0.25, 0.3) is 5.56 Å². The van der Waals surface area contributed by atoms with E-state index in [-0.39, 0.29) is 17.1 Å². The van der Waals surface area contributed by atoms with Gasteiger partial charge in [-0.1, -0.05) is 26.0 Å². The molecule has 2 aromatic heterocycles. The van der Waals surface area contributed by atoms with Gasteiger partial charge in [-0.25, -0.2) is 4.68 Å². The van der Waals surface area contributed by atoms with Crippen LogP contribution < -0.4 is 19.8 Å². The van der Waals surface area contributed by atoms with Crippen LogP contribution in [0.4, 0.5) is 0 Å². The highest BCUT2D eigenvalue weighted by atomic mass is 16.5. The summed E-state index contributed by atoms with van der Waals surface area (Å²) in [5, 5.41) is 13.7. The summed E-state index contributed by atoms with van der Waals surface area (Å²) < 4.78 is 18.2. The van der Waals surface area contributed by atoms with Gasteiger partial charge >= 0.3 is 0 Å². The van der Waals surface area contributed by atoms with Gasteiger partial charge in [-0.2, -0.15) is 0 Å². The Hall–Kier alpha value is -3.92. The number of hydrogen-bond acceptors (Lipinski definition) is 8. The zero-order valence-electron chi connectivity index (χ0n) is 23.8. The number of tetrazole rings is 1. The molecule has 2 aromatic carbocycles. The number of rotatable bonds is 12. The first-order chi connectivity index (χ1) is 18.7. The molecule has 2 heterocycles. The smallest absolute Gasteiger partial charge is 0.252 e. The van der Waals surface area contributed by atoms with Gasteiger partial charge in [-0.3, -0.25) is 9.69 Å². The van der Waals surface area contributed by atoms with Gasteiger partial charge in [0.1, 0.15) is 5.75 Å². The quantitative estimate of drug-likeness (QED) is 0.275. The average Bonchev–Trinajstić information content (AvgIpc) is 3.44. The van der Waals surface area contributed by atoms with Crippen molar-refractivity contribution >= 4 is 10.9 Å². The minimum atomic E-state index is -0.256. The third-order valence-corrected chi connectivity index (χ3v) is 7.40. The van der Waals surface area contributed by atoms with Crippen molar-refractivity contribution in [3.8, 4) is 17.2 Å². The van der Waals surface area contributed by atoms with Crippen LogP contribution >= 0.6 is 0 Å². The predicted molar refractivity (Wildman–Crippen MR) is 150 cm³/mol. The number of H-pyrrole nitrogens is 1. The lowest BCUT2D eigenvalue weighted by Crippen LogP contribution is -2.36. The molecular weight excluding hydrogens is 496 g/mol. The molecule has 0 aliphatic rings. The Balaban J connectivity index is 1.78. The number of nitrogens with one attached hydrogen (secondary N) is 1. The second-order valence-electron chi connectivity index (χ2n) is 10.2. The molecule has 0 radical (unpaired) electrons. The Morgan fingerprint density at radius 3 is 2.28 bits per heavy atom. The maximum Gasteiger partial charge on any atom is 0.252 e. The van der Waals surface area contributed by atoms with Crippen LogP contribution in [0.5, 0.6) is 17.2 Å². The molecular formula is C29H38N6O4. The summed E-state index contributed by atoms with van der Waals surface area (Å²) in [6.07, 6.45) is 1.63. The Morgan fingerprint density at radius 1 is 0.974 bits per heavy atom. The van der Waals surface area contributed by atoms with Crippen LogP contribution in [-0.2, 0) is 18.6 Å². The van der Waals surface area contributed by atoms with Crippen LogP contribution in [0.15, 0.2) is 47.3 Å². The molecule has 0 spiro atoms. The highest BCUT2D eigenvalue weighted by Crippen LogP contribution is 2.33. The molecule has 0 saturated carbocycles. The van der Waals surface area contributed by atoms with E-state index < -0.39 is 0 Å². The Bertz CT molecular complexity index is 1460. The van der Waals surface area contributed by atoms with E-state index in [2.05, 4.69) is 53.1 Å². The van der Waals surface area contributed by atoms with Gasteiger partial charge in [0.05, 0.1) is 38.4 Å². The molecule has 0 saturated heterocycles. The molecule has 39 heavy (non-hydrogen) atoms. The van der Waals surface area contributed by atoms with Crippen LogP contribution in [0.1, 0.15) is 63.5 Å². The van der Waals surface area contributed by atoms with E-state index in [1.807, 2.05) is 41.1 Å². The predicted octanol–water partition coefficient (Wildman–Crippen LogP) is 4.84. The lowest BCUT2D eigenvalue weighted by molar-refractivity contribution is 0.150. The van der Waals surface area contributed by atoms with Gasteiger partial charge in [0.2, 0.25) is 0 Å². The lowest BCUT2D eigenvalue weighted by Gasteiger charge is -2.33. The van der Waals surface area contributed by atoms with E-state index in [1.165, 1.54) is 0 Å². The average molecular weight is 535 g/mol. The number of aromatic amines is 1. The first kappa shape index (κ1) is 28.1. The fourth-order valence-electron chi connectivity index (χ4n) is 4.74. The fraction of sp³-hybridized carbons (Fsp3) is 0.448. The van der Waals surface area contributed by atoms with Gasteiger partial charge in [-0.05, 0) is 66.9 Å². The molecule has 4 aromatic rings. The SMILES string of the molecule is CC[C@H](c1nnnn1C(C)(C)CC)N(Cc1ccc(OC)cc1)Cc1cc2cc(OC)c(OC)cc2[nH]c1=O. The summed E-state index contributed by atoms with van der Waals surface area (Å²) in [4.78, 5) is 18.6. The van der Waals surface area contributed by atoms with Crippen molar-refractivity contribution < 1.29 is 14.2 Å². The maximum atomic E-state index is 13.3. The van der Waals surface area contributed by atoms with Crippen LogP contribution in [0.2, 0.25) is 0 Å². The van der Waals surface area contributed by atoms with Gasteiger partial charge < -0.3 is 19.2 Å². The Kier molecular flexibility index (Phi) is 8.54. The van der Waals surface area contributed by atoms with Gasteiger partial charge in [0.15, 0.2) is 17.3 Å². The molecule has 1 atom stereocenters. The van der Waals surface area contributed by atoms with Crippen LogP contribution in [0.3, 0.4) is 0 Å². The van der Waals surface area contributed by atoms with E-state index in [0.29, 0.717) is 35.7 Å². The monoisotopic (exact) mass is 534 g/mol. The Labute approximate surface area is 228 Å². The first-order valence-electron chi connectivity index (χ1n) is 13.2. The topological polar surface area (TPSA) is 107 Å². The molecule has 1 N–H and O–H groups in total. The van der Waals surface area contributed by atoms with Crippen molar-refractivity contribution in [1.29, 1.82) is 0 Å². The van der Waals surface area contributed by atoms with E-state index in [4.69, 9.17) is 14.2 Å². The van der Waals surface area contributed by atoms with E-state index >= 15 is 0 Å². The van der Waals surface area contributed by atoms with E-state index in [0.717, 1.165) is 35.4 Å². The molecule has 0 fully saturated rings. The second kappa shape index (κ2) is 11.9. The standard InChI is InChI=1S/C29H38N6O4/c1-8-24(27-31-32-33-35(27)29(3,4)9-2)34(17-19-10-12-22(37-5)13-11-19)18-21-14-20-15-25(38-6)26(39-7)16-23(20)30-28(21)36/h10-16,24H,8-9,17-18H2,1-7H3,(H,30,36)/t24-/m1/s1. The highest BCUT2D eigenvalue weighted by Gasteiger charge is 2.31. The van der Waals surface area contributed by atoms with Crippen molar-refractivity contribution in [3.63, 3.8) is 0 Å². The third-order valence-electron chi connectivity index (χ3n) is 7.40. The highest BCUT2D eigenvalue weighted by molar-refractivity contribution is 5.83. The second-order valence-corrected chi connectivity index (χ2v) is 10.2.